The van der Waals surface area contributed by atoms with Crippen molar-refractivity contribution in [2.45, 2.75) is 26.2 Å². The number of hydrogen-bond acceptors (Lipinski definition) is 5. The van der Waals surface area contributed by atoms with E-state index in [1.807, 2.05) is 20.8 Å². The number of rotatable bonds is 2. The summed E-state index contributed by atoms with van der Waals surface area (Å²) < 4.78 is 6.58. The molecule has 0 aromatic carbocycles. The van der Waals surface area contributed by atoms with Crippen molar-refractivity contribution in [2.75, 3.05) is 12.5 Å². The molecule has 0 aliphatic carbocycles. The summed E-state index contributed by atoms with van der Waals surface area (Å²) in [6.07, 6.45) is 1.50. The Balaban J connectivity index is 2.66. The molecular weight excluding hydrogens is 232 g/mol. The molecule has 0 radical (unpaired) electrons. The molecule has 0 atom stereocenters. The largest absolute Gasteiger partial charge is 0.462 e. The van der Waals surface area contributed by atoms with E-state index in [4.69, 9.17) is 4.42 Å². The molecule has 2 aromatic heterocycles. The molecule has 0 saturated heterocycles. The van der Waals surface area contributed by atoms with Gasteiger partial charge in [-0.1, -0.05) is 20.8 Å². The second-order valence-corrected chi connectivity index (χ2v) is 4.96. The molecule has 0 saturated carbocycles. The van der Waals surface area contributed by atoms with E-state index in [2.05, 4.69) is 15.6 Å². The molecule has 18 heavy (non-hydrogen) atoms. The van der Waals surface area contributed by atoms with Gasteiger partial charge in [-0.25, -0.2) is 4.68 Å². The maximum atomic E-state index is 12.3. The van der Waals surface area contributed by atoms with E-state index >= 15 is 0 Å². The van der Waals surface area contributed by atoms with Crippen molar-refractivity contribution in [3.63, 3.8) is 0 Å². The van der Waals surface area contributed by atoms with Gasteiger partial charge in [0.1, 0.15) is 0 Å². The van der Waals surface area contributed by atoms with E-state index in [1.165, 1.54) is 10.9 Å². The van der Waals surface area contributed by atoms with Crippen LogP contribution in [0.25, 0.3) is 11.5 Å². The van der Waals surface area contributed by atoms with Crippen LogP contribution in [-0.2, 0) is 5.41 Å². The smallest absolute Gasteiger partial charge is 0.302 e. The molecule has 0 aliphatic rings. The molecule has 96 valence electrons. The summed E-state index contributed by atoms with van der Waals surface area (Å²) in [5.41, 5.74) is 2.48. The number of furan rings is 1. The Morgan fingerprint density at radius 1 is 1.33 bits per heavy atom. The van der Waals surface area contributed by atoms with Crippen LogP contribution >= 0.6 is 0 Å². The van der Waals surface area contributed by atoms with Gasteiger partial charge >= 0.3 is 5.56 Å². The molecule has 0 amide bonds. The van der Waals surface area contributed by atoms with Crippen molar-refractivity contribution in [3.05, 3.63) is 34.6 Å². The quantitative estimate of drug-likeness (QED) is 0.869. The lowest BCUT2D eigenvalue weighted by atomic mass is 9.96. The molecule has 6 heteroatoms. The van der Waals surface area contributed by atoms with Crippen LogP contribution in [0.4, 0.5) is 0 Å². The first kappa shape index (κ1) is 12.3. The van der Waals surface area contributed by atoms with Gasteiger partial charge in [0.15, 0.2) is 17.3 Å². The molecule has 6 nitrogen and oxygen atoms in total. The Morgan fingerprint density at radius 2 is 2.06 bits per heavy atom. The maximum Gasteiger partial charge on any atom is 0.302 e. The van der Waals surface area contributed by atoms with E-state index in [9.17, 15) is 4.79 Å². The van der Waals surface area contributed by atoms with Gasteiger partial charge in [-0.3, -0.25) is 4.79 Å². The Kier molecular flexibility index (Phi) is 2.94. The summed E-state index contributed by atoms with van der Waals surface area (Å²) in [7, 11) is 1.67. The molecule has 2 aromatic rings. The molecular formula is C12H16N4O2. The third-order valence-electron chi connectivity index (χ3n) is 2.51. The van der Waals surface area contributed by atoms with Gasteiger partial charge in [0, 0.05) is 12.5 Å². The van der Waals surface area contributed by atoms with Gasteiger partial charge in [-0.15, -0.1) is 10.2 Å². The molecule has 0 fully saturated rings. The summed E-state index contributed by atoms with van der Waals surface area (Å²) in [6.45, 7) is 5.91. The van der Waals surface area contributed by atoms with Gasteiger partial charge in [0.05, 0.1) is 6.26 Å². The van der Waals surface area contributed by atoms with Crippen molar-refractivity contribution in [3.8, 4) is 11.5 Å². The third-order valence-corrected chi connectivity index (χ3v) is 2.51. The normalized spacial score (nSPS) is 11.6. The zero-order chi connectivity index (χ0) is 13.3. The monoisotopic (exact) mass is 248 g/mol. The fraction of sp³-hybridized carbons (Fsp3) is 0.417. The fourth-order valence-corrected chi connectivity index (χ4v) is 1.65. The van der Waals surface area contributed by atoms with Crippen LogP contribution in [-0.4, -0.2) is 21.9 Å². The van der Waals surface area contributed by atoms with E-state index in [1.54, 1.807) is 19.2 Å². The van der Waals surface area contributed by atoms with Crippen LogP contribution in [0.1, 0.15) is 26.6 Å². The van der Waals surface area contributed by atoms with Crippen molar-refractivity contribution in [1.29, 1.82) is 0 Å². The first-order valence-corrected chi connectivity index (χ1v) is 5.67. The first-order chi connectivity index (χ1) is 8.45. The fourth-order valence-electron chi connectivity index (χ4n) is 1.65. The minimum atomic E-state index is -0.281. The van der Waals surface area contributed by atoms with Gasteiger partial charge < -0.3 is 9.84 Å². The molecule has 1 N–H and O–H groups in total. The number of nitrogens with zero attached hydrogens (tertiary/aromatic N) is 3. The number of nitrogens with one attached hydrogen (secondary N) is 1. The van der Waals surface area contributed by atoms with Crippen LogP contribution in [0.2, 0.25) is 0 Å². The summed E-state index contributed by atoms with van der Waals surface area (Å²) in [4.78, 5) is 12.3. The van der Waals surface area contributed by atoms with Crippen LogP contribution in [0.3, 0.4) is 0 Å². The Morgan fingerprint density at radius 3 is 2.56 bits per heavy atom. The average Bonchev–Trinajstić information content (AvgIpc) is 2.80. The molecule has 2 rings (SSSR count). The maximum absolute atomic E-state index is 12.3. The standard InChI is InChI=1S/C12H16N4O2/c1-12(2,3)11-15-14-9(8-6-5-7-18-8)10(17)16(11)13-4/h5-7,13H,1-4H3. The Hall–Kier alpha value is -2.11. The highest BCUT2D eigenvalue weighted by Crippen LogP contribution is 2.19. The predicted octanol–water partition coefficient (Wildman–Crippen LogP) is 1.37. The zero-order valence-electron chi connectivity index (χ0n) is 10.9. The molecule has 0 spiro atoms. The Labute approximate surface area is 105 Å². The molecule has 0 aliphatic heterocycles. The molecule has 0 bridgehead atoms. The Bertz CT molecular complexity index is 594. The van der Waals surface area contributed by atoms with E-state index < -0.39 is 0 Å². The third kappa shape index (κ3) is 2.01. The minimum absolute atomic E-state index is 0.197. The van der Waals surface area contributed by atoms with Crippen LogP contribution in [0, 0.1) is 0 Å². The highest BCUT2D eigenvalue weighted by atomic mass is 16.3. The summed E-state index contributed by atoms with van der Waals surface area (Å²) in [6, 6.07) is 3.39. The lowest BCUT2D eigenvalue weighted by molar-refractivity contribution is 0.493. The highest BCUT2D eigenvalue weighted by molar-refractivity contribution is 5.49. The van der Waals surface area contributed by atoms with Gasteiger partial charge in [0.25, 0.3) is 0 Å². The highest BCUT2D eigenvalue weighted by Gasteiger charge is 2.24. The summed E-state index contributed by atoms with van der Waals surface area (Å²) in [5, 5.41) is 8.11. The minimum Gasteiger partial charge on any atom is -0.462 e. The van der Waals surface area contributed by atoms with E-state index in [0.717, 1.165) is 0 Å². The summed E-state index contributed by atoms with van der Waals surface area (Å²) in [5.74, 6) is 0.988. The van der Waals surface area contributed by atoms with Crippen molar-refractivity contribution >= 4 is 0 Å². The van der Waals surface area contributed by atoms with Crippen molar-refractivity contribution in [2.24, 2.45) is 0 Å². The number of hydrogen-bond donors (Lipinski definition) is 1. The van der Waals surface area contributed by atoms with Crippen molar-refractivity contribution in [1.82, 2.24) is 14.9 Å². The molecule has 0 unspecified atom stereocenters. The predicted molar refractivity (Wildman–Crippen MR) is 68.0 cm³/mol. The lowest BCUT2D eigenvalue weighted by Gasteiger charge is -2.21. The lowest BCUT2D eigenvalue weighted by Crippen LogP contribution is -2.37. The van der Waals surface area contributed by atoms with Crippen LogP contribution in [0.15, 0.2) is 27.6 Å². The average molecular weight is 248 g/mol. The SMILES string of the molecule is CNn1c(C(C)(C)C)nnc(-c2ccco2)c1=O. The summed E-state index contributed by atoms with van der Waals surface area (Å²) >= 11 is 0. The van der Waals surface area contributed by atoms with E-state index in [-0.39, 0.29) is 16.7 Å². The second kappa shape index (κ2) is 4.29. The van der Waals surface area contributed by atoms with Gasteiger partial charge in [-0.05, 0) is 12.1 Å². The van der Waals surface area contributed by atoms with Crippen molar-refractivity contribution < 1.29 is 4.42 Å². The molecule has 2 heterocycles. The van der Waals surface area contributed by atoms with E-state index in [0.29, 0.717) is 11.6 Å². The first-order valence-electron chi connectivity index (χ1n) is 5.67. The topological polar surface area (TPSA) is 73.0 Å². The van der Waals surface area contributed by atoms with Crippen LogP contribution in [0.5, 0.6) is 0 Å². The van der Waals surface area contributed by atoms with Crippen LogP contribution < -0.4 is 11.0 Å². The van der Waals surface area contributed by atoms with Gasteiger partial charge in [0.2, 0.25) is 0 Å². The van der Waals surface area contributed by atoms with Gasteiger partial charge in [-0.2, -0.15) is 0 Å². The number of aromatic nitrogens is 3. The zero-order valence-corrected chi connectivity index (χ0v) is 10.9. The second-order valence-electron chi connectivity index (χ2n) is 4.96.